The van der Waals surface area contributed by atoms with Gasteiger partial charge in [0.2, 0.25) is 0 Å². The third-order valence-electron chi connectivity index (χ3n) is 6.31. The molecule has 2 aliphatic heterocycles. The summed E-state index contributed by atoms with van der Waals surface area (Å²) in [6.07, 6.45) is -13.3. The fourth-order valence-corrected chi connectivity index (χ4v) is 4.38. The summed E-state index contributed by atoms with van der Waals surface area (Å²) in [5, 5.41) is 69.6. The second-order valence-corrected chi connectivity index (χ2v) is 8.56. The van der Waals surface area contributed by atoms with E-state index in [2.05, 4.69) is 0 Å². The molecule has 11 N–H and O–H groups in total. The second kappa shape index (κ2) is 10.2. The molecule has 2 heterocycles. The summed E-state index contributed by atoms with van der Waals surface area (Å²) < 4.78 is 22.3. The molecule has 31 heavy (non-hydrogen) atoms. The topological polar surface area (TPSA) is 231 Å². The molecule has 5 unspecified atom stereocenters. The molecule has 13 heteroatoms. The fourth-order valence-electron chi connectivity index (χ4n) is 4.38. The van der Waals surface area contributed by atoms with Gasteiger partial charge >= 0.3 is 0 Å². The highest BCUT2D eigenvalue weighted by molar-refractivity contribution is 4.99. The summed E-state index contributed by atoms with van der Waals surface area (Å²) in [4.78, 5) is 0. The predicted octanol–water partition coefficient (Wildman–Crippen LogP) is -5.31. The lowest BCUT2D eigenvalue weighted by molar-refractivity contribution is -0.304. The Bertz CT molecular complexity index is 587. The second-order valence-electron chi connectivity index (χ2n) is 8.56. The molecule has 0 aromatic rings. The lowest BCUT2D eigenvalue weighted by atomic mass is 9.80. The Kier molecular flexibility index (Phi) is 8.24. The van der Waals surface area contributed by atoms with Crippen molar-refractivity contribution < 1.29 is 54.7 Å². The average Bonchev–Trinajstić information content (AvgIpc) is 3.01. The maximum atomic E-state index is 10.9. The molecule has 0 spiro atoms. The molecular formula is C18H34N2O11. The van der Waals surface area contributed by atoms with Crippen molar-refractivity contribution in [2.24, 2.45) is 17.4 Å². The third kappa shape index (κ3) is 4.89. The predicted molar refractivity (Wildman–Crippen MR) is 101 cm³/mol. The number of hydrogen-bond acceptors (Lipinski definition) is 13. The fraction of sp³-hybridized carbons (Fsp3) is 1.00. The van der Waals surface area contributed by atoms with E-state index < -0.39 is 92.8 Å². The number of nitrogens with two attached hydrogens (primary N) is 2. The van der Waals surface area contributed by atoms with Crippen molar-refractivity contribution in [3.63, 3.8) is 0 Å². The number of hydrogen-bond donors (Lipinski definition) is 9. The standard InChI is InChI=1S/C18H34N2O11/c1-5-2-6(19)16(31-17-9(20)12(25)10(23)7(3-21)28-17)14(27)15(5)30-18-13(26)11(24)8(4-22)29-18/h5-18,21-27H,2-4,19-20H2,1H3/t5?,6?,7?,8-,9?,10-,11+,12-,13?,14-,15-,16-,17-,18+/m1/s1. The monoisotopic (exact) mass is 454 g/mol. The van der Waals surface area contributed by atoms with Crippen molar-refractivity contribution in [3.8, 4) is 0 Å². The Labute approximate surface area is 179 Å². The summed E-state index contributed by atoms with van der Waals surface area (Å²) in [6.45, 7) is 0.669. The molecule has 0 aromatic carbocycles. The van der Waals surface area contributed by atoms with Gasteiger partial charge in [0, 0.05) is 6.04 Å². The van der Waals surface area contributed by atoms with Gasteiger partial charge in [-0.05, 0) is 12.3 Å². The zero-order valence-corrected chi connectivity index (χ0v) is 17.1. The first-order chi connectivity index (χ1) is 14.6. The van der Waals surface area contributed by atoms with E-state index in [1.807, 2.05) is 0 Å². The van der Waals surface area contributed by atoms with Gasteiger partial charge in [-0.2, -0.15) is 0 Å². The van der Waals surface area contributed by atoms with E-state index in [-0.39, 0.29) is 5.92 Å². The van der Waals surface area contributed by atoms with Crippen LogP contribution in [0.2, 0.25) is 0 Å². The minimum absolute atomic E-state index is 0.287. The van der Waals surface area contributed by atoms with Crippen LogP contribution in [0.5, 0.6) is 0 Å². The largest absolute Gasteiger partial charge is 0.394 e. The number of aliphatic hydroxyl groups is 7. The molecule has 3 aliphatic rings. The zero-order valence-electron chi connectivity index (χ0n) is 17.1. The maximum Gasteiger partial charge on any atom is 0.187 e. The average molecular weight is 454 g/mol. The molecule has 3 rings (SSSR count). The SMILES string of the molecule is CC1CC(N)[C@@H](O[C@H]2OC(CO)[C@@H](O)[C@H](O)C2N)[C@H](O)[C@@H]1O[C@@H]1O[C@H](CO)[C@H](O)C1O. The van der Waals surface area contributed by atoms with E-state index >= 15 is 0 Å². The van der Waals surface area contributed by atoms with Crippen LogP contribution in [0.25, 0.3) is 0 Å². The van der Waals surface area contributed by atoms with Crippen molar-refractivity contribution in [2.45, 2.75) is 92.9 Å². The Morgan fingerprint density at radius 3 is 1.84 bits per heavy atom. The summed E-state index contributed by atoms with van der Waals surface area (Å²) in [5.41, 5.74) is 12.1. The number of ether oxygens (including phenoxy) is 4. The number of rotatable bonds is 6. The molecule has 0 radical (unpaired) electrons. The molecule has 2 saturated heterocycles. The van der Waals surface area contributed by atoms with E-state index in [1.165, 1.54) is 0 Å². The van der Waals surface area contributed by atoms with Crippen molar-refractivity contribution in [2.75, 3.05) is 13.2 Å². The van der Waals surface area contributed by atoms with Crippen LogP contribution in [0, 0.1) is 5.92 Å². The van der Waals surface area contributed by atoms with E-state index in [0.717, 1.165) is 0 Å². The van der Waals surface area contributed by atoms with Crippen molar-refractivity contribution >= 4 is 0 Å². The van der Waals surface area contributed by atoms with E-state index in [9.17, 15) is 35.7 Å². The molecule has 182 valence electrons. The van der Waals surface area contributed by atoms with Crippen LogP contribution in [0.3, 0.4) is 0 Å². The molecule has 0 aromatic heterocycles. The molecule has 14 atom stereocenters. The van der Waals surface area contributed by atoms with Gasteiger partial charge < -0.3 is 66.2 Å². The Morgan fingerprint density at radius 2 is 1.26 bits per heavy atom. The van der Waals surface area contributed by atoms with Crippen LogP contribution < -0.4 is 11.5 Å². The first-order valence-corrected chi connectivity index (χ1v) is 10.4. The molecule has 1 aliphatic carbocycles. The van der Waals surface area contributed by atoms with Crippen LogP contribution >= 0.6 is 0 Å². The first-order valence-electron chi connectivity index (χ1n) is 10.4. The lowest BCUT2D eigenvalue weighted by Gasteiger charge is -2.47. The molecular weight excluding hydrogens is 420 g/mol. The van der Waals surface area contributed by atoms with Gasteiger partial charge in [-0.3, -0.25) is 0 Å². The van der Waals surface area contributed by atoms with E-state index in [4.69, 9.17) is 30.4 Å². The summed E-state index contributed by atoms with van der Waals surface area (Å²) in [5.74, 6) is -0.287. The summed E-state index contributed by atoms with van der Waals surface area (Å²) in [6, 6.07) is -1.83. The summed E-state index contributed by atoms with van der Waals surface area (Å²) >= 11 is 0. The molecule has 0 amide bonds. The summed E-state index contributed by atoms with van der Waals surface area (Å²) in [7, 11) is 0. The van der Waals surface area contributed by atoms with Crippen molar-refractivity contribution in [3.05, 3.63) is 0 Å². The van der Waals surface area contributed by atoms with Crippen molar-refractivity contribution in [1.82, 2.24) is 0 Å². The Morgan fingerprint density at radius 1 is 0.742 bits per heavy atom. The minimum Gasteiger partial charge on any atom is -0.394 e. The van der Waals surface area contributed by atoms with Crippen LogP contribution in [0.15, 0.2) is 0 Å². The Balaban J connectivity index is 1.70. The van der Waals surface area contributed by atoms with Gasteiger partial charge in [-0.15, -0.1) is 0 Å². The lowest BCUT2D eigenvalue weighted by Crippen LogP contribution is -2.66. The van der Waals surface area contributed by atoms with Gasteiger partial charge in [0.15, 0.2) is 12.6 Å². The third-order valence-corrected chi connectivity index (χ3v) is 6.31. The smallest absolute Gasteiger partial charge is 0.187 e. The highest BCUT2D eigenvalue weighted by Crippen LogP contribution is 2.34. The highest BCUT2D eigenvalue weighted by Gasteiger charge is 2.51. The van der Waals surface area contributed by atoms with Gasteiger partial charge in [0.05, 0.1) is 25.4 Å². The van der Waals surface area contributed by atoms with Crippen LogP contribution in [0.1, 0.15) is 13.3 Å². The first kappa shape index (κ1) is 25.1. The van der Waals surface area contributed by atoms with Crippen LogP contribution in [0.4, 0.5) is 0 Å². The minimum atomic E-state index is -1.43. The highest BCUT2D eigenvalue weighted by atomic mass is 16.7. The quantitative estimate of drug-likeness (QED) is 0.183. The molecule has 1 saturated carbocycles. The van der Waals surface area contributed by atoms with Gasteiger partial charge in [0.25, 0.3) is 0 Å². The molecule has 0 bridgehead atoms. The maximum absolute atomic E-state index is 10.9. The van der Waals surface area contributed by atoms with E-state index in [0.29, 0.717) is 6.42 Å². The molecule has 3 fully saturated rings. The normalized spacial score (nSPS) is 53.6. The van der Waals surface area contributed by atoms with Gasteiger partial charge in [-0.1, -0.05) is 6.92 Å². The number of aliphatic hydroxyl groups excluding tert-OH is 7. The van der Waals surface area contributed by atoms with Gasteiger partial charge in [-0.25, -0.2) is 0 Å². The Hall–Kier alpha value is -0.520. The molecule has 13 nitrogen and oxygen atoms in total. The zero-order chi connectivity index (χ0) is 23.0. The van der Waals surface area contributed by atoms with E-state index in [1.54, 1.807) is 6.92 Å². The van der Waals surface area contributed by atoms with Gasteiger partial charge in [0.1, 0.15) is 48.8 Å². The van der Waals surface area contributed by atoms with Crippen molar-refractivity contribution in [1.29, 1.82) is 0 Å². The van der Waals surface area contributed by atoms with Crippen LogP contribution in [-0.2, 0) is 18.9 Å². The van der Waals surface area contributed by atoms with Crippen LogP contribution in [-0.4, -0.2) is 129 Å².